The molecule has 1 nitrogen and oxygen atoms in total. The van der Waals surface area contributed by atoms with Gasteiger partial charge >= 0.3 is 0 Å². The van der Waals surface area contributed by atoms with Gasteiger partial charge in [-0.2, -0.15) is 0 Å². The molecule has 268 valence electrons. The topological polar surface area (TPSA) is 13.1 Å². The fourth-order valence-electron chi connectivity index (χ4n) is 9.92. The van der Waals surface area contributed by atoms with E-state index >= 15 is 0 Å². The van der Waals surface area contributed by atoms with E-state index in [9.17, 15) is 0 Å². The molecule has 2 aliphatic rings. The minimum atomic E-state index is -0.460. The van der Waals surface area contributed by atoms with E-state index in [4.69, 9.17) is 4.42 Å². The lowest BCUT2D eigenvalue weighted by atomic mass is 9.66. The fourth-order valence-corrected chi connectivity index (χ4v) is 11.1. The summed E-state index contributed by atoms with van der Waals surface area (Å²) in [5.41, 5.74) is 15.8. The molecule has 1 aromatic heterocycles. The lowest BCUT2D eigenvalue weighted by molar-refractivity contribution is 0.667. The second kappa shape index (κ2) is 12.7. The molecule has 0 saturated carbocycles. The molecule has 0 amide bonds. The first-order chi connectivity index (χ1) is 28.2. The van der Waals surface area contributed by atoms with E-state index in [0.717, 1.165) is 28.4 Å². The number of benzene rings is 9. The highest BCUT2D eigenvalue weighted by molar-refractivity contribution is 7.99. The van der Waals surface area contributed by atoms with Gasteiger partial charge in [-0.1, -0.05) is 176 Å². The molecule has 0 N–H and O–H groups in total. The zero-order chi connectivity index (χ0) is 37.5. The molecular weight excluding hydrogens is 709 g/mol. The Kier molecular flexibility index (Phi) is 7.27. The Morgan fingerprint density at radius 2 is 1.04 bits per heavy atom. The van der Waals surface area contributed by atoms with E-state index in [1.165, 1.54) is 81.8 Å². The molecule has 0 radical (unpaired) electrons. The Bertz CT molecular complexity index is 3140. The summed E-state index contributed by atoms with van der Waals surface area (Å²) in [5, 5.41) is 4.87. The van der Waals surface area contributed by atoms with Gasteiger partial charge in [0, 0.05) is 26.5 Å². The average molecular weight is 745 g/mol. The molecule has 10 aromatic rings. The third-order valence-electron chi connectivity index (χ3n) is 12.5. The maximum Gasteiger partial charge on any atom is 0.135 e. The number of rotatable bonds is 5. The van der Waals surface area contributed by atoms with Gasteiger partial charge in [-0.15, -0.1) is 0 Å². The smallest absolute Gasteiger partial charge is 0.135 e. The summed E-state index contributed by atoms with van der Waals surface area (Å²) in [4.78, 5) is 2.64. The van der Waals surface area contributed by atoms with Crippen molar-refractivity contribution in [1.82, 2.24) is 0 Å². The summed E-state index contributed by atoms with van der Waals surface area (Å²) in [6.07, 6.45) is 0.837. The number of furan rings is 1. The molecule has 1 atom stereocenters. The van der Waals surface area contributed by atoms with E-state index < -0.39 is 5.41 Å². The first-order valence-electron chi connectivity index (χ1n) is 19.8. The van der Waals surface area contributed by atoms with Gasteiger partial charge in [-0.25, -0.2) is 0 Å². The van der Waals surface area contributed by atoms with E-state index in [-0.39, 0.29) is 5.92 Å². The third kappa shape index (κ3) is 4.97. The molecule has 2 heteroatoms. The van der Waals surface area contributed by atoms with Crippen LogP contribution in [-0.2, 0) is 11.8 Å². The van der Waals surface area contributed by atoms with Crippen LogP contribution in [0.2, 0.25) is 0 Å². The highest BCUT2D eigenvalue weighted by Crippen LogP contribution is 2.63. The summed E-state index contributed by atoms with van der Waals surface area (Å²) in [6.45, 7) is 0. The van der Waals surface area contributed by atoms with Crippen LogP contribution < -0.4 is 0 Å². The molecule has 1 spiro atoms. The van der Waals surface area contributed by atoms with Crippen LogP contribution in [0, 0.1) is 0 Å². The summed E-state index contributed by atoms with van der Waals surface area (Å²) >= 11 is 1.90. The highest BCUT2D eigenvalue weighted by Gasteiger charge is 2.50. The summed E-state index contributed by atoms with van der Waals surface area (Å²) in [7, 11) is 0. The molecule has 0 fully saturated rings. The molecule has 0 bridgehead atoms. The first kappa shape index (κ1) is 32.6. The highest BCUT2D eigenvalue weighted by atomic mass is 32.2. The van der Waals surface area contributed by atoms with Crippen molar-refractivity contribution in [3.8, 4) is 22.3 Å². The molecule has 1 aliphatic heterocycles. The lowest BCUT2D eigenvalue weighted by Crippen LogP contribution is -2.32. The van der Waals surface area contributed by atoms with Gasteiger partial charge in [0.25, 0.3) is 0 Å². The molecule has 0 saturated heterocycles. The lowest BCUT2D eigenvalue weighted by Gasteiger charge is -2.40. The molecule has 2 heterocycles. The third-order valence-corrected chi connectivity index (χ3v) is 13.7. The maximum atomic E-state index is 6.42. The van der Waals surface area contributed by atoms with E-state index in [0.29, 0.717) is 0 Å². The zero-order valence-corrected chi connectivity index (χ0v) is 32.0. The summed E-state index contributed by atoms with van der Waals surface area (Å²) < 4.78 is 6.42. The zero-order valence-electron chi connectivity index (χ0n) is 31.2. The number of para-hydroxylation sites is 1. The Labute approximate surface area is 336 Å². The second-order valence-corrected chi connectivity index (χ2v) is 16.7. The fraction of sp³-hybridized carbons (Fsp3) is 0.0545. The number of fused-ring (bicyclic) bond motifs is 13. The van der Waals surface area contributed by atoms with Crippen molar-refractivity contribution in [2.45, 2.75) is 27.5 Å². The maximum absolute atomic E-state index is 6.42. The van der Waals surface area contributed by atoms with Crippen LogP contribution in [0.3, 0.4) is 0 Å². The van der Waals surface area contributed by atoms with Crippen molar-refractivity contribution in [2.75, 3.05) is 0 Å². The standard InChI is InChI=1S/C55H36OS/c1-2-12-36(13-3-1)37-23-25-38(26-24-37)45(30-35-22-28-44-43-16-6-9-19-51(43)56-52(44)31-35)41-27-29-42-46-32-39-14-4-5-15-40(39)33-50(46)55(49(42)34-41)47-17-7-10-20-53(47)57-54-21-11-8-18-48(54)55/h1-29,31-34,45H,30H2. The Hall–Kier alpha value is -6.61. The van der Waals surface area contributed by atoms with E-state index in [2.05, 4.69) is 194 Å². The molecular formula is C55H36OS. The SMILES string of the molecule is c1ccc(-c2ccc(C(Cc3ccc4c(c3)oc3ccccc34)c3ccc4c(c3)C3(c5ccccc5Sc5ccccc53)c3cc5ccccc5cc3-4)cc2)cc1. The normalized spacial score (nSPS) is 14.0. The molecule has 1 unspecified atom stereocenters. The summed E-state index contributed by atoms with van der Waals surface area (Å²) in [6, 6.07) is 74.5. The Morgan fingerprint density at radius 3 is 1.82 bits per heavy atom. The van der Waals surface area contributed by atoms with Crippen LogP contribution in [0.5, 0.6) is 0 Å². The molecule has 12 rings (SSSR count). The van der Waals surface area contributed by atoms with Gasteiger partial charge in [-0.05, 0) is 115 Å². The van der Waals surface area contributed by atoms with E-state index in [1.807, 2.05) is 17.8 Å². The van der Waals surface area contributed by atoms with Gasteiger partial charge in [-0.3, -0.25) is 0 Å². The van der Waals surface area contributed by atoms with Crippen molar-refractivity contribution in [1.29, 1.82) is 0 Å². The Balaban J connectivity index is 1.09. The predicted molar refractivity (Wildman–Crippen MR) is 237 cm³/mol. The average Bonchev–Trinajstić information content (AvgIpc) is 3.78. The van der Waals surface area contributed by atoms with Crippen LogP contribution in [0.4, 0.5) is 0 Å². The van der Waals surface area contributed by atoms with Crippen molar-refractivity contribution >= 4 is 44.5 Å². The molecule has 57 heavy (non-hydrogen) atoms. The first-order valence-corrected chi connectivity index (χ1v) is 20.6. The van der Waals surface area contributed by atoms with Crippen LogP contribution in [0.1, 0.15) is 44.9 Å². The largest absolute Gasteiger partial charge is 0.456 e. The molecule has 9 aromatic carbocycles. The van der Waals surface area contributed by atoms with Gasteiger partial charge in [0.15, 0.2) is 0 Å². The second-order valence-electron chi connectivity index (χ2n) is 15.6. The van der Waals surface area contributed by atoms with Crippen LogP contribution >= 0.6 is 11.8 Å². The van der Waals surface area contributed by atoms with E-state index in [1.54, 1.807) is 0 Å². The van der Waals surface area contributed by atoms with Gasteiger partial charge in [0.1, 0.15) is 11.2 Å². The van der Waals surface area contributed by atoms with Crippen molar-refractivity contribution in [3.05, 3.63) is 239 Å². The minimum absolute atomic E-state index is 0.102. The van der Waals surface area contributed by atoms with Crippen molar-refractivity contribution < 1.29 is 4.42 Å². The summed E-state index contributed by atoms with van der Waals surface area (Å²) in [5.74, 6) is 0.102. The number of hydrogen-bond acceptors (Lipinski definition) is 2. The monoisotopic (exact) mass is 744 g/mol. The molecule has 1 aliphatic carbocycles. The number of hydrogen-bond donors (Lipinski definition) is 0. The van der Waals surface area contributed by atoms with Crippen LogP contribution in [0.25, 0.3) is 55.0 Å². The van der Waals surface area contributed by atoms with Gasteiger partial charge in [0.05, 0.1) is 5.41 Å². The quantitative estimate of drug-likeness (QED) is 0.174. The van der Waals surface area contributed by atoms with Crippen molar-refractivity contribution in [3.63, 3.8) is 0 Å². The predicted octanol–water partition coefficient (Wildman–Crippen LogP) is 14.6. The minimum Gasteiger partial charge on any atom is -0.456 e. The van der Waals surface area contributed by atoms with Gasteiger partial charge < -0.3 is 4.42 Å². The van der Waals surface area contributed by atoms with Crippen LogP contribution in [0.15, 0.2) is 214 Å². The van der Waals surface area contributed by atoms with Gasteiger partial charge in [0.2, 0.25) is 0 Å². The van der Waals surface area contributed by atoms with Crippen LogP contribution in [-0.4, -0.2) is 0 Å². The Morgan fingerprint density at radius 1 is 0.421 bits per heavy atom. The van der Waals surface area contributed by atoms with Crippen molar-refractivity contribution in [2.24, 2.45) is 0 Å².